The van der Waals surface area contributed by atoms with Crippen LogP contribution < -0.4 is 4.90 Å². The highest BCUT2D eigenvalue weighted by molar-refractivity contribution is 8.01. The van der Waals surface area contributed by atoms with E-state index in [1.54, 1.807) is 11.3 Å². The van der Waals surface area contributed by atoms with Crippen LogP contribution in [0.2, 0.25) is 0 Å². The van der Waals surface area contributed by atoms with Crippen LogP contribution >= 0.6 is 23.1 Å². The van der Waals surface area contributed by atoms with Crippen LogP contribution in [0.3, 0.4) is 0 Å². The van der Waals surface area contributed by atoms with E-state index in [1.165, 1.54) is 21.8 Å². The lowest BCUT2D eigenvalue weighted by Crippen LogP contribution is -2.35. The van der Waals surface area contributed by atoms with Gasteiger partial charge in [-0.15, -0.1) is 26.2 Å². The fourth-order valence-corrected chi connectivity index (χ4v) is 4.79. The Kier molecular flexibility index (Phi) is 4.13. The van der Waals surface area contributed by atoms with Crippen LogP contribution in [0.4, 0.5) is 5.82 Å². The lowest BCUT2D eigenvalue weighted by molar-refractivity contribution is 0.441. The van der Waals surface area contributed by atoms with Gasteiger partial charge in [0.05, 0.1) is 0 Å². The van der Waals surface area contributed by atoms with Crippen LogP contribution in [0.1, 0.15) is 18.5 Å². The third kappa shape index (κ3) is 3.30. The number of aryl methyl sites for hydroxylation is 1. The van der Waals surface area contributed by atoms with Gasteiger partial charge in [-0.3, -0.25) is 0 Å². The molecule has 120 valence electrons. The van der Waals surface area contributed by atoms with Crippen molar-refractivity contribution in [2.75, 3.05) is 23.7 Å². The molecule has 0 bridgehead atoms. The largest absolute Gasteiger partial charge is 0.355 e. The number of fused-ring (bicyclic) bond motifs is 1. The van der Waals surface area contributed by atoms with Gasteiger partial charge < -0.3 is 4.90 Å². The molecule has 0 radical (unpaired) electrons. The van der Waals surface area contributed by atoms with Gasteiger partial charge in [0.1, 0.15) is 4.34 Å². The molecule has 1 fully saturated rings. The second-order valence-electron chi connectivity index (χ2n) is 5.71. The van der Waals surface area contributed by atoms with Gasteiger partial charge in [0.2, 0.25) is 0 Å². The molecule has 3 aromatic rings. The predicted octanol–water partition coefficient (Wildman–Crippen LogP) is 2.29. The number of hydrogen-bond acceptors (Lipinski definition) is 8. The van der Waals surface area contributed by atoms with Crippen molar-refractivity contribution in [3.8, 4) is 0 Å². The fraction of sp³-hybridized carbons (Fsp3) is 0.500. The van der Waals surface area contributed by atoms with Crippen LogP contribution in [-0.4, -0.2) is 49.1 Å². The summed E-state index contributed by atoms with van der Waals surface area (Å²) < 4.78 is 2.68. The monoisotopic (exact) mass is 347 g/mol. The summed E-state index contributed by atoms with van der Waals surface area (Å²) in [5, 5.41) is 18.0. The molecule has 0 aromatic carbocycles. The SMILES string of the molecule is Cc1csc(SCC2CCN(c3ccc4nnnn4n3)CC2)n1. The molecule has 0 aliphatic carbocycles. The molecule has 4 heterocycles. The maximum atomic E-state index is 4.52. The highest BCUT2D eigenvalue weighted by atomic mass is 32.2. The number of anilines is 1. The zero-order valence-corrected chi connectivity index (χ0v) is 14.4. The lowest BCUT2D eigenvalue weighted by Gasteiger charge is -2.32. The average molecular weight is 347 g/mol. The van der Waals surface area contributed by atoms with E-state index < -0.39 is 0 Å². The van der Waals surface area contributed by atoms with Crippen molar-refractivity contribution < 1.29 is 0 Å². The van der Waals surface area contributed by atoms with Crippen molar-refractivity contribution >= 4 is 34.6 Å². The van der Waals surface area contributed by atoms with Crippen molar-refractivity contribution in [2.45, 2.75) is 24.1 Å². The van der Waals surface area contributed by atoms with E-state index in [2.05, 4.69) is 35.9 Å². The van der Waals surface area contributed by atoms with Gasteiger partial charge in [-0.1, -0.05) is 11.8 Å². The molecular weight excluding hydrogens is 330 g/mol. The minimum atomic E-state index is 0.679. The van der Waals surface area contributed by atoms with E-state index >= 15 is 0 Å². The molecular formula is C14H17N7S2. The Labute approximate surface area is 142 Å². The first-order valence-electron chi connectivity index (χ1n) is 7.63. The third-order valence-corrected chi connectivity index (χ3v) is 6.40. The number of tetrazole rings is 1. The first-order chi connectivity index (χ1) is 11.3. The summed E-state index contributed by atoms with van der Waals surface area (Å²) in [7, 11) is 0. The second-order valence-corrected chi connectivity index (χ2v) is 7.84. The fourth-order valence-electron chi connectivity index (χ4n) is 2.73. The van der Waals surface area contributed by atoms with Crippen LogP contribution in [0.25, 0.3) is 5.65 Å². The lowest BCUT2D eigenvalue weighted by atomic mass is 9.99. The molecule has 0 spiro atoms. The highest BCUT2D eigenvalue weighted by Gasteiger charge is 2.21. The number of thioether (sulfide) groups is 1. The number of thiazole rings is 1. The molecule has 3 aromatic heterocycles. The summed E-state index contributed by atoms with van der Waals surface area (Å²) in [4.78, 5) is 6.84. The molecule has 7 nitrogen and oxygen atoms in total. The number of aromatic nitrogens is 6. The van der Waals surface area contributed by atoms with Crippen LogP contribution in [-0.2, 0) is 0 Å². The van der Waals surface area contributed by atoms with Crippen LogP contribution in [0.15, 0.2) is 21.9 Å². The first-order valence-corrected chi connectivity index (χ1v) is 9.50. The summed E-state index contributed by atoms with van der Waals surface area (Å²) in [6.45, 7) is 4.11. The van der Waals surface area contributed by atoms with Crippen molar-refractivity contribution in [3.05, 3.63) is 23.2 Å². The van der Waals surface area contributed by atoms with Crippen molar-refractivity contribution in [3.63, 3.8) is 0 Å². The molecule has 0 atom stereocenters. The van der Waals surface area contributed by atoms with E-state index in [-0.39, 0.29) is 0 Å². The zero-order chi connectivity index (χ0) is 15.6. The van der Waals surface area contributed by atoms with E-state index in [1.807, 2.05) is 30.8 Å². The van der Waals surface area contributed by atoms with E-state index in [4.69, 9.17) is 0 Å². The summed E-state index contributed by atoms with van der Waals surface area (Å²) in [6.07, 6.45) is 2.37. The molecule has 1 aliphatic heterocycles. The average Bonchev–Trinajstić information content (AvgIpc) is 3.21. The highest BCUT2D eigenvalue weighted by Crippen LogP contribution is 2.29. The van der Waals surface area contributed by atoms with E-state index in [0.717, 1.165) is 36.3 Å². The Hall–Kier alpha value is -1.74. The van der Waals surface area contributed by atoms with Crippen molar-refractivity contribution in [2.24, 2.45) is 5.92 Å². The summed E-state index contributed by atoms with van der Waals surface area (Å²) in [6, 6.07) is 3.91. The van der Waals surface area contributed by atoms with Crippen LogP contribution in [0.5, 0.6) is 0 Å². The molecule has 9 heteroatoms. The molecule has 0 saturated carbocycles. The summed E-state index contributed by atoms with van der Waals surface area (Å²) in [5.74, 6) is 2.85. The van der Waals surface area contributed by atoms with Gasteiger partial charge in [-0.2, -0.15) is 0 Å². The molecule has 23 heavy (non-hydrogen) atoms. The molecule has 0 amide bonds. The molecule has 0 N–H and O–H groups in total. The van der Waals surface area contributed by atoms with Gasteiger partial charge in [0, 0.05) is 29.9 Å². The number of hydrogen-bond donors (Lipinski definition) is 0. The number of nitrogens with zero attached hydrogens (tertiary/aromatic N) is 7. The molecule has 1 aliphatic rings. The Morgan fingerprint density at radius 1 is 1.30 bits per heavy atom. The predicted molar refractivity (Wildman–Crippen MR) is 91.1 cm³/mol. The minimum absolute atomic E-state index is 0.679. The first kappa shape index (κ1) is 14.8. The molecule has 0 unspecified atom stereocenters. The van der Waals surface area contributed by atoms with Crippen molar-refractivity contribution in [1.82, 2.24) is 30.2 Å². The molecule has 1 saturated heterocycles. The van der Waals surface area contributed by atoms with Gasteiger partial charge in [-0.05, 0) is 48.2 Å². The second kappa shape index (κ2) is 6.40. The van der Waals surface area contributed by atoms with Crippen LogP contribution in [0, 0.1) is 12.8 Å². The van der Waals surface area contributed by atoms with Crippen molar-refractivity contribution in [1.29, 1.82) is 0 Å². The minimum Gasteiger partial charge on any atom is -0.355 e. The number of piperidine rings is 1. The Morgan fingerprint density at radius 2 is 2.17 bits per heavy atom. The zero-order valence-electron chi connectivity index (χ0n) is 12.8. The standard InChI is InChI=1S/C14H17N7S2/c1-10-8-22-14(15-10)23-9-11-4-6-20(7-5-11)13-3-2-12-16-18-19-21(12)17-13/h2-3,8,11H,4-7,9H2,1H3. The maximum Gasteiger partial charge on any atom is 0.200 e. The normalized spacial score (nSPS) is 16.3. The van der Waals surface area contributed by atoms with Gasteiger partial charge >= 0.3 is 0 Å². The van der Waals surface area contributed by atoms with E-state index in [0.29, 0.717) is 5.65 Å². The Bertz CT molecular complexity index is 791. The Balaban J connectivity index is 1.33. The Morgan fingerprint density at radius 3 is 2.96 bits per heavy atom. The quantitative estimate of drug-likeness (QED) is 0.671. The number of rotatable bonds is 4. The molecule has 4 rings (SSSR count). The maximum absolute atomic E-state index is 4.52. The summed E-state index contributed by atoms with van der Waals surface area (Å²) >= 11 is 3.64. The topological polar surface area (TPSA) is 72.1 Å². The summed E-state index contributed by atoms with van der Waals surface area (Å²) in [5.41, 5.74) is 1.80. The van der Waals surface area contributed by atoms with Gasteiger partial charge in [-0.25, -0.2) is 4.98 Å². The van der Waals surface area contributed by atoms with Gasteiger partial charge in [0.25, 0.3) is 0 Å². The van der Waals surface area contributed by atoms with Gasteiger partial charge in [0.15, 0.2) is 11.5 Å². The third-order valence-electron chi connectivity index (χ3n) is 4.03. The van der Waals surface area contributed by atoms with E-state index in [9.17, 15) is 0 Å². The smallest absolute Gasteiger partial charge is 0.200 e.